The van der Waals surface area contributed by atoms with Crippen molar-refractivity contribution in [3.05, 3.63) is 17.0 Å². The van der Waals surface area contributed by atoms with Crippen LogP contribution in [0.5, 0.6) is 0 Å². The smallest absolute Gasteiger partial charge is 0.221 e. The molecule has 0 aromatic carbocycles. The van der Waals surface area contributed by atoms with Gasteiger partial charge in [-0.05, 0) is 5.92 Å². The minimum absolute atomic E-state index is 0.0346. The fourth-order valence-corrected chi connectivity index (χ4v) is 1.74. The van der Waals surface area contributed by atoms with E-state index < -0.39 is 0 Å². The van der Waals surface area contributed by atoms with Crippen molar-refractivity contribution in [1.82, 2.24) is 15.3 Å². The SMILES string of the molecule is CC(C)CNC(=O)CCNc1cc(Cl)nc(C(C)(C)C)n1. The Morgan fingerprint density at radius 2 is 2.00 bits per heavy atom. The molecule has 0 aliphatic heterocycles. The van der Waals surface area contributed by atoms with Gasteiger partial charge in [-0.3, -0.25) is 4.79 Å². The Morgan fingerprint density at radius 1 is 1.33 bits per heavy atom. The fourth-order valence-electron chi connectivity index (χ4n) is 1.55. The van der Waals surface area contributed by atoms with Crippen LogP contribution in [0.3, 0.4) is 0 Å². The summed E-state index contributed by atoms with van der Waals surface area (Å²) in [6.07, 6.45) is 0.402. The fraction of sp³-hybridized carbons (Fsp3) is 0.667. The number of halogens is 1. The van der Waals surface area contributed by atoms with Crippen molar-refractivity contribution in [1.29, 1.82) is 0 Å². The summed E-state index contributed by atoms with van der Waals surface area (Å²) in [6.45, 7) is 11.4. The Bertz CT molecular complexity index is 483. The van der Waals surface area contributed by atoms with Gasteiger partial charge in [-0.15, -0.1) is 0 Å². The van der Waals surface area contributed by atoms with Crippen molar-refractivity contribution in [3.8, 4) is 0 Å². The zero-order valence-corrected chi connectivity index (χ0v) is 14.2. The first-order valence-electron chi connectivity index (χ1n) is 7.24. The van der Waals surface area contributed by atoms with Crippen LogP contribution in [0.1, 0.15) is 46.9 Å². The van der Waals surface area contributed by atoms with Gasteiger partial charge in [0.1, 0.15) is 16.8 Å². The van der Waals surface area contributed by atoms with Gasteiger partial charge in [-0.25, -0.2) is 9.97 Å². The maximum Gasteiger partial charge on any atom is 0.221 e. The molecule has 6 heteroatoms. The summed E-state index contributed by atoms with van der Waals surface area (Å²) in [7, 11) is 0. The molecule has 2 N–H and O–H groups in total. The maximum absolute atomic E-state index is 11.6. The maximum atomic E-state index is 11.6. The molecule has 118 valence electrons. The monoisotopic (exact) mass is 312 g/mol. The summed E-state index contributed by atoms with van der Waals surface area (Å²) < 4.78 is 0. The van der Waals surface area contributed by atoms with Crippen LogP contribution in [0.4, 0.5) is 5.82 Å². The van der Waals surface area contributed by atoms with Crippen LogP contribution in [-0.4, -0.2) is 29.0 Å². The Labute approximate surface area is 131 Å². The van der Waals surface area contributed by atoms with E-state index in [1.54, 1.807) is 6.07 Å². The van der Waals surface area contributed by atoms with Crippen LogP contribution in [0.15, 0.2) is 6.07 Å². The van der Waals surface area contributed by atoms with Crippen LogP contribution < -0.4 is 10.6 Å². The van der Waals surface area contributed by atoms with Gasteiger partial charge in [-0.1, -0.05) is 46.2 Å². The van der Waals surface area contributed by atoms with Crippen molar-refractivity contribution < 1.29 is 4.79 Å². The predicted octanol–water partition coefficient (Wildman–Crippen LogP) is 3.00. The summed E-state index contributed by atoms with van der Waals surface area (Å²) in [4.78, 5) is 20.3. The lowest BCUT2D eigenvalue weighted by atomic mass is 9.96. The van der Waals surface area contributed by atoms with Crippen LogP contribution in [0.2, 0.25) is 5.15 Å². The number of nitrogens with one attached hydrogen (secondary N) is 2. The summed E-state index contributed by atoms with van der Waals surface area (Å²) in [5, 5.41) is 6.40. The average Bonchev–Trinajstić information content (AvgIpc) is 2.34. The zero-order chi connectivity index (χ0) is 16.0. The van der Waals surface area contributed by atoms with Gasteiger partial charge in [0.05, 0.1) is 0 Å². The summed E-state index contributed by atoms with van der Waals surface area (Å²) in [5.41, 5.74) is -0.171. The van der Waals surface area contributed by atoms with E-state index in [1.807, 2.05) is 20.8 Å². The quantitative estimate of drug-likeness (QED) is 0.792. The van der Waals surface area contributed by atoms with Crippen molar-refractivity contribution >= 4 is 23.3 Å². The predicted molar refractivity (Wildman–Crippen MR) is 86.7 cm³/mol. The Morgan fingerprint density at radius 3 is 2.57 bits per heavy atom. The second kappa shape index (κ2) is 7.59. The van der Waals surface area contributed by atoms with Gasteiger partial charge in [0.25, 0.3) is 0 Å². The normalized spacial score (nSPS) is 11.6. The van der Waals surface area contributed by atoms with Crippen molar-refractivity contribution in [3.63, 3.8) is 0 Å². The van der Waals surface area contributed by atoms with Gasteiger partial charge in [0.2, 0.25) is 5.91 Å². The molecular formula is C15H25ClN4O. The molecular weight excluding hydrogens is 288 g/mol. The van der Waals surface area contributed by atoms with Crippen molar-refractivity contribution in [2.75, 3.05) is 18.4 Å². The molecule has 0 aliphatic rings. The van der Waals surface area contributed by atoms with E-state index in [1.165, 1.54) is 0 Å². The minimum atomic E-state index is -0.171. The number of rotatable bonds is 6. The number of hydrogen-bond donors (Lipinski definition) is 2. The lowest BCUT2D eigenvalue weighted by Gasteiger charge is -2.17. The van der Waals surface area contributed by atoms with Gasteiger partial charge in [0.15, 0.2) is 0 Å². The number of nitrogens with zero attached hydrogens (tertiary/aromatic N) is 2. The van der Waals surface area contributed by atoms with E-state index in [2.05, 4.69) is 34.4 Å². The second-order valence-corrected chi connectivity index (χ2v) is 6.91. The number of amides is 1. The molecule has 1 amide bonds. The average molecular weight is 313 g/mol. The molecule has 1 aromatic heterocycles. The van der Waals surface area contributed by atoms with E-state index >= 15 is 0 Å². The largest absolute Gasteiger partial charge is 0.369 e. The van der Waals surface area contributed by atoms with Crippen LogP contribution in [-0.2, 0) is 10.2 Å². The van der Waals surface area contributed by atoms with Crippen molar-refractivity contribution in [2.45, 2.75) is 46.5 Å². The highest BCUT2D eigenvalue weighted by Gasteiger charge is 2.18. The molecule has 1 heterocycles. The molecule has 0 unspecified atom stereocenters. The lowest BCUT2D eigenvalue weighted by Crippen LogP contribution is -2.28. The molecule has 0 saturated heterocycles. The molecule has 0 saturated carbocycles. The minimum Gasteiger partial charge on any atom is -0.369 e. The Balaban J connectivity index is 2.52. The van der Waals surface area contributed by atoms with Gasteiger partial charge in [0, 0.05) is 31.0 Å². The van der Waals surface area contributed by atoms with E-state index in [-0.39, 0.29) is 11.3 Å². The standard InChI is InChI=1S/C15H25ClN4O/c1-10(2)9-18-13(21)6-7-17-12-8-11(16)19-14(20-12)15(3,4)5/h8,10H,6-7,9H2,1-5H3,(H,18,21)(H,17,19,20). The Hall–Kier alpha value is -1.36. The first-order chi connectivity index (χ1) is 9.68. The van der Waals surface area contributed by atoms with E-state index in [4.69, 9.17) is 11.6 Å². The third-order valence-corrected chi connectivity index (χ3v) is 2.92. The van der Waals surface area contributed by atoms with Gasteiger partial charge >= 0.3 is 0 Å². The molecule has 5 nitrogen and oxygen atoms in total. The molecule has 1 rings (SSSR count). The molecule has 1 aromatic rings. The molecule has 0 bridgehead atoms. The van der Waals surface area contributed by atoms with E-state index in [0.717, 1.165) is 0 Å². The molecule has 21 heavy (non-hydrogen) atoms. The molecule has 0 spiro atoms. The Kier molecular flexibility index (Phi) is 6.40. The van der Waals surface area contributed by atoms with Crippen molar-refractivity contribution in [2.24, 2.45) is 5.92 Å². The lowest BCUT2D eigenvalue weighted by molar-refractivity contribution is -0.120. The molecule has 0 aliphatic carbocycles. The first kappa shape index (κ1) is 17.7. The summed E-state index contributed by atoms with van der Waals surface area (Å²) >= 11 is 6.01. The number of carbonyl (C=O) groups excluding carboxylic acids is 1. The highest BCUT2D eigenvalue weighted by atomic mass is 35.5. The van der Waals surface area contributed by atoms with Crippen LogP contribution in [0.25, 0.3) is 0 Å². The summed E-state index contributed by atoms with van der Waals surface area (Å²) in [6, 6.07) is 1.67. The topological polar surface area (TPSA) is 66.9 Å². The van der Waals surface area contributed by atoms with Crippen LogP contribution in [0, 0.1) is 5.92 Å². The van der Waals surface area contributed by atoms with Gasteiger partial charge < -0.3 is 10.6 Å². The number of hydrogen-bond acceptors (Lipinski definition) is 4. The number of anilines is 1. The highest BCUT2D eigenvalue weighted by molar-refractivity contribution is 6.29. The van der Waals surface area contributed by atoms with E-state index in [0.29, 0.717) is 42.2 Å². The van der Waals surface area contributed by atoms with E-state index in [9.17, 15) is 4.79 Å². The number of aromatic nitrogens is 2. The third-order valence-electron chi connectivity index (χ3n) is 2.73. The molecule has 0 radical (unpaired) electrons. The van der Waals surface area contributed by atoms with Gasteiger partial charge in [-0.2, -0.15) is 0 Å². The molecule has 0 fully saturated rings. The first-order valence-corrected chi connectivity index (χ1v) is 7.62. The second-order valence-electron chi connectivity index (χ2n) is 6.52. The molecule has 0 atom stereocenters. The number of carbonyl (C=O) groups is 1. The highest BCUT2D eigenvalue weighted by Crippen LogP contribution is 2.22. The third kappa shape index (κ3) is 6.76. The van der Waals surface area contributed by atoms with Crippen LogP contribution >= 0.6 is 11.6 Å². The zero-order valence-electron chi connectivity index (χ0n) is 13.5. The summed E-state index contributed by atoms with van der Waals surface area (Å²) in [5.74, 6) is 1.82.